The van der Waals surface area contributed by atoms with Gasteiger partial charge in [0.05, 0.1) is 11.5 Å². The molecule has 0 spiro atoms. The Labute approximate surface area is 112 Å². The fraction of sp³-hybridized carbons (Fsp3) is 0.846. The van der Waals surface area contributed by atoms with Gasteiger partial charge in [0.25, 0.3) is 0 Å². The van der Waals surface area contributed by atoms with Crippen LogP contribution in [0.3, 0.4) is 0 Å². The monoisotopic (exact) mass is 270 g/mol. The van der Waals surface area contributed by atoms with Gasteiger partial charge >= 0.3 is 5.97 Å². The Morgan fingerprint density at radius 3 is 2.58 bits per heavy atom. The molecule has 1 saturated carbocycles. The Bertz CT molecular complexity index is 341. The van der Waals surface area contributed by atoms with E-state index in [9.17, 15) is 14.7 Å². The fourth-order valence-corrected chi connectivity index (χ4v) is 2.82. The maximum Gasteiger partial charge on any atom is 0.306 e. The summed E-state index contributed by atoms with van der Waals surface area (Å²) in [5, 5.41) is 25.4. The first-order valence-electron chi connectivity index (χ1n) is 6.94. The van der Waals surface area contributed by atoms with Gasteiger partial charge in [-0.3, -0.25) is 9.59 Å². The van der Waals surface area contributed by atoms with Crippen LogP contribution in [0, 0.1) is 5.92 Å². The summed E-state index contributed by atoms with van der Waals surface area (Å²) in [5.41, 5.74) is -0.798. The minimum atomic E-state index is -0.798. The summed E-state index contributed by atoms with van der Waals surface area (Å²) in [7, 11) is 0. The molecule has 1 heterocycles. The van der Waals surface area contributed by atoms with Crippen molar-refractivity contribution in [2.75, 3.05) is 13.1 Å². The molecule has 2 fully saturated rings. The number of carbonyl (C=O) groups excluding carboxylic acids is 1. The van der Waals surface area contributed by atoms with Crippen LogP contribution >= 0.6 is 0 Å². The third-order valence-electron chi connectivity index (χ3n) is 4.25. The topological polar surface area (TPSA) is 98.7 Å². The van der Waals surface area contributed by atoms with Gasteiger partial charge in [-0.15, -0.1) is 0 Å². The van der Waals surface area contributed by atoms with Gasteiger partial charge in [-0.1, -0.05) is 0 Å². The van der Waals surface area contributed by atoms with E-state index in [0.717, 1.165) is 6.42 Å². The highest BCUT2D eigenvalue weighted by atomic mass is 16.4. The van der Waals surface area contributed by atoms with Crippen molar-refractivity contribution in [3.63, 3.8) is 0 Å². The minimum Gasteiger partial charge on any atom is -0.481 e. The second-order valence-electron chi connectivity index (χ2n) is 5.76. The van der Waals surface area contributed by atoms with Crippen molar-refractivity contribution in [3.8, 4) is 0 Å². The molecule has 0 aromatic carbocycles. The predicted molar refractivity (Wildman–Crippen MR) is 68.6 cm³/mol. The number of carbonyl (C=O) groups is 2. The van der Waals surface area contributed by atoms with E-state index in [-0.39, 0.29) is 17.9 Å². The lowest BCUT2D eigenvalue weighted by atomic mass is 9.78. The van der Waals surface area contributed by atoms with E-state index < -0.39 is 11.6 Å². The zero-order chi connectivity index (χ0) is 13.9. The van der Waals surface area contributed by atoms with Crippen LogP contribution in [-0.4, -0.2) is 46.8 Å². The smallest absolute Gasteiger partial charge is 0.306 e. The molecule has 6 heteroatoms. The number of carboxylic acids is 1. The molecule has 108 valence electrons. The van der Waals surface area contributed by atoms with Crippen molar-refractivity contribution < 1.29 is 19.8 Å². The fourth-order valence-electron chi connectivity index (χ4n) is 2.82. The molecule has 2 aliphatic rings. The van der Waals surface area contributed by atoms with Crippen LogP contribution in [0.4, 0.5) is 0 Å². The first-order valence-corrected chi connectivity index (χ1v) is 6.94. The number of amides is 1. The molecular formula is C13H22N2O4. The van der Waals surface area contributed by atoms with Gasteiger partial charge in [-0.2, -0.15) is 0 Å². The Morgan fingerprint density at radius 1 is 1.37 bits per heavy atom. The molecule has 1 saturated heterocycles. The summed E-state index contributed by atoms with van der Waals surface area (Å²) in [4.78, 5) is 21.9. The molecule has 1 atom stereocenters. The number of rotatable bonds is 4. The van der Waals surface area contributed by atoms with Crippen molar-refractivity contribution in [2.45, 2.75) is 50.2 Å². The van der Waals surface area contributed by atoms with Crippen molar-refractivity contribution in [2.24, 2.45) is 5.92 Å². The van der Waals surface area contributed by atoms with E-state index in [1.54, 1.807) is 0 Å². The van der Waals surface area contributed by atoms with E-state index in [2.05, 4.69) is 10.6 Å². The lowest BCUT2D eigenvalue weighted by Crippen LogP contribution is -2.52. The van der Waals surface area contributed by atoms with Crippen LogP contribution in [0.5, 0.6) is 0 Å². The van der Waals surface area contributed by atoms with E-state index >= 15 is 0 Å². The summed E-state index contributed by atoms with van der Waals surface area (Å²) in [5.74, 6) is -0.988. The van der Waals surface area contributed by atoms with E-state index in [4.69, 9.17) is 5.11 Å². The number of hydrogen-bond donors (Lipinski definition) is 4. The van der Waals surface area contributed by atoms with Gasteiger partial charge in [0.15, 0.2) is 0 Å². The van der Waals surface area contributed by atoms with Crippen LogP contribution < -0.4 is 10.6 Å². The van der Waals surface area contributed by atoms with Gasteiger partial charge < -0.3 is 20.8 Å². The van der Waals surface area contributed by atoms with Gasteiger partial charge in [0, 0.05) is 25.6 Å². The lowest BCUT2D eigenvalue weighted by Gasteiger charge is -2.36. The van der Waals surface area contributed by atoms with E-state index in [1.807, 2.05) is 0 Å². The predicted octanol–water partition coefficient (Wildman–Crippen LogP) is -0.139. The molecule has 0 bridgehead atoms. The van der Waals surface area contributed by atoms with Gasteiger partial charge in [0.2, 0.25) is 5.91 Å². The average Bonchev–Trinajstić information content (AvgIpc) is 2.39. The molecule has 6 nitrogen and oxygen atoms in total. The van der Waals surface area contributed by atoms with Crippen LogP contribution in [0.2, 0.25) is 0 Å². The number of piperidine rings is 1. The number of carboxylic acid groups (broad SMARTS) is 1. The van der Waals surface area contributed by atoms with E-state index in [0.29, 0.717) is 45.2 Å². The quantitative estimate of drug-likeness (QED) is 0.570. The van der Waals surface area contributed by atoms with Crippen LogP contribution in [0.1, 0.15) is 38.5 Å². The van der Waals surface area contributed by atoms with Crippen LogP contribution in [0.25, 0.3) is 0 Å². The second-order valence-corrected chi connectivity index (χ2v) is 5.76. The summed E-state index contributed by atoms with van der Waals surface area (Å²) < 4.78 is 0. The van der Waals surface area contributed by atoms with Gasteiger partial charge in [0.1, 0.15) is 0 Å². The molecule has 2 rings (SSSR count). The lowest BCUT2D eigenvalue weighted by molar-refractivity contribution is -0.144. The standard InChI is InChI=1S/C13H22N2O4/c16-11-2-1-10(7-14-11)15-8-13(19)5-3-9(4-6-13)12(17)18/h9-10,15,19H,1-8H2,(H,14,16)(H,17,18). The van der Waals surface area contributed by atoms with Crippen molar-refractivity contribution in [1.29, 1.82) is 0 Å². The molecule has 0 radical (unpaired) electrons. The van der Waals surface area contributed by atoms with Crippen molar-refractivity contribution in [1.82, 2.24) is 10.6 Å². The molecule has 1 unspecified atom stereocenters. The highest BCUT2D eigenvalue weighted by Crippen LogP contribution is 2.32. The summed E-state index contributed by atoms with van der Waals surface area (Å²) in [6.07, 6.45) is 3.44. The van der Waals surface area contributed by atoms with Crippen molar-refractivity contribution in [3.05, 3.63) is 0 Å². The Hall–Kier alpha value is -1.14. The van der Waals surface area contributed by atoms with Gasteiger partial charge in [-0.05, 0) is 32.1 Å². The van der Waals surface area contributed by atoms with Crippen molar-refractivity contribution >= 4 is 11.9 Å². The number of nitrogens with one attached hydrogen (secondary N) is 2. The average molecular weight is 270 g/mol. The van der Waals surface area contributed by atoms with Gasteiger partial charge in [-0.25, -0.2) is 0 Å². The maximum atomic E-state index is 11.0. The second kappa shape index (κ2) is 5.88. The Kier molecular flexibility index (Phi) is 4.42. The maximum absolute atomic E-state index is 11.0. The number of aliphatic hydroxyl groups is 1. The summed E-state index contributed by atoms with van der Waals surface area (Å²) in [6.45, 7) is 1.08. The number of hydrogen-bond acceptors (Lipinski definition) is 4. The first-order chi connectivity index (χ1) is 8.98. The SMILES string of the molecule is O=C1CCC(NCC2(O)CCC(C(=O)O)CC2)CN1. The summed E-state index contributed by atoms with van der Waals surface area (Å²) >= 11 is 0. The normalized spacial score (nSPS) is 35.7. The van der Waals surface area contributed by atoms with E-state index in [1.165, 1.54) is 0 Å². The molecule has 1 aliphatic carbocycles. The highest BCUT2D eigenvalue weighted by molar-refractivity contribution is 5.76. The molecule has 4 N–H and O–H groups in total. The Balaban J connectivity index is 1.73. The zero-order valence-electron chi connectivity index (χ0n) is 11.0. The highest BCUT2D eigenvalue weighted by Gasteiger charge is 2.36. The zero-order valence-corrected chi connectivity index (χ0v) is 11.0. The largest absolute Gasteiger partial charge is 0.481 e. The first kappa shape index (κ1) is 14.3. The van der Waals surface area contributed by atoms with Crippen LogP contribution in [-0.2, 0) is 9.59 Å². The summed E-state index contributed by atoms with van der Waals surface area (Å²) in [6, 6.07) is 0.207. The van der Waals surface area contributed by atoms with Crippen LogP contribution in [0.15, 0.2) is 0 Å². The third kappa shape index (κ3) is 3.91. The molecular weight excluding hydrogens is 248 g/mol. The molecule has 0 aromatic heterocycles. The Morgan fingerprint density at radius 2 is 2.05 bits per heavy atom. The minimum absolute atomic E-state index is 0.0822. The molecule has 0 aromatic rings. The molecule has 1 amide bonds. The number of aliphatic carboxylic acids is 1. The molecule has 19 heavy (non-hydrogen) atoms. The molecule has 1 aliphatic heterocycles. The third-order valence-corrected chi connectivity index (χ3v) is 4.25.